The Labute approximate surface area is 94.5 Å². The van der Waals surface area contributed by atoms with Crippen LogP contribution in [0.5, 0.6) is 0 Å². The van der Waals surface area contributed by atoms with Crippen LogP contribution in [-0.4, -0.2) is 24.0 Å². The van der Waals surface area contributed by atoms with Gasteiger partial charge in [0.2, 0.25) is 0 Å². The molecule has 1 aliphatic carbocycles. The van der Waals surface area contributed by atoms with Crippen LogP contribution in [0.1, 0.15) is 51.4 Å². The zero-order valence-corrected chi connectivity index (χ0v) is 9.96. The lowest BCUT2D eigenvalue weighted by molar-refractivity contribution is 0.180. The van der Waals surface area contributed by atoms with Crippen LogP contribution in [0.25, 0.3) is 0 Å². The molecule has 1 saturated heterocycles. The Morgan fingerprint density at radius 3 is 2.87 bits per heavy atom. The summed E-state index contributed by atoms with van der Waals surface area (Å²) in [6, 6.07) is 0.961. The monoisotopic (exact) mass is 207 g/mol. The number of hydrogen-bond acceptors (Lipinski definition) is 1. The van der Waals surface area contributed by atoms with Gasteiger partial charge in [0, 0.05) is 6.04 Å². The maximum absolute atomic E-state index is 3.78. The van der Waals surface area contributed by atoms with Gasteiger partial charge in [-0.2, -0.15) is 0 Å². The van der Waals surface area contributed by atoms with E-state index in [9.17, 15) is 0 Å². The van der Waals surface area contributed by atoms with Crippen LogP contribution in [0.2, 0.25) is 0 Å². The summed E-state index contributed by atoms with van der Waals surface area (Å²) < 4.78 is 0. The van der Waals surface area contributed by atoms with Gasteiger partial charge >= 0.3 is 0 Å². The highest BCUT2D eigenvalue weighted by atomic mass is 15.2. The highest BCUT2D eigenvalue weighted by Gasteiger charge is 2.34. The molecule has 0 bridgehead atoms. The summed E-state index contributed by atoms with van der Waals surface area (Å²) in [4.78, 5) is 2.77. The van der Waals surface area contributed by atoms with Crippen LogP contribution in [0.4, 0.5) is 0 Å². The quantitative estimate of drug-likeness (QED) is 0.492. The summed E-state index contributed by atoms with van der Waals surface area (Å²) in [6.45, 7) is 6.50. The van der Waals surface area contributed by atoms with Crippen LogP contribution in [0.15, 0.2) is 12.7 Å². The number of rotatable bonds is 5. The van der Waals surface area contributed by atoms with Crippen LogP contribution in [0.3, 0.4) is 0 Å². The molecule has 1 heterocycles. The highest BCUT2D eigenvalue weighted by molar-refractivity contribution is 4.89. The number of fused-ring (bicyclic) bond motifs is 1. The number of hydrogen-bond donors (Lipinski definition) is 0. The molecule has 1 nitrogen and oxygen atoms in total. The van der Waals surface area contributed by atoms with Crippen molar-refractivity contribution in [2.45, 2.75) is 57.4 Å². The first kappa shape index (κ1) is 11.2. The summed E-state index contributed by atoms with van der Waals surface area (Å²) in [6.07, 6.45) is 13.4. The highest BCUT2D eigenvalue weighted by Crippen LogP contribution is 2.36. The lowest BCUT2D eigenvalue weighted by atomic mass is 9.85. The average molecular weight is 207 g/mol. The smallest absolute Gasteiger partial charge is 0.0124 e. The van der Waals surface area contributed by atoms with E-state index in [0.717, 1.165) is 12.0 Å². The predicted molar refractivity (Wildman–Crippen MR) is 66.0 cm³/mol. The Morgan fingerprint density at radius 1 is 1.13 bits per heavy atom. The molecule has 0 aromatic heterocycles. The molecule has 1 saturated carbocycles. The summed E-state index contributed by atoms with van der Waals surface area (Å²) in [5.41, 5.74) is 0. The number of likely N-dealkylation sites (tertiary alicyclic amines) is 1. The van der Waals surface area contributed by atoms with Gasteiger partial charge in [0.15, 0.2) is 0 Å². The van der Waals surface area contributed by atoms with Crippen LogP contribution in [0, 0.1) is 5.92 Å². The first-order valence-electron chi connectivity index (χ1n) is 6.77. The largest absolute Gasteiger partial charge is 0.300 e. The molecule has 0 N–H and O–H groups in total. The molecule has 1 heteroatoms. The molecule has 0 radical (unpaired) electrons. The van der Waals surface area contributed by atoms with Crippen LogP contribution >= 0.6 is 0 Å². The molecule has 0 spiro atoms. The molecule has 2 aliphatic rings. The van der Waals surface area contributed by atoms with E-state index in [1.54, 1.807) is 0 Å². The summed E-state index contributed by atoms with van der Waals surface area (Å²) in [5, 5.41) is 0. The normalized spacial score (nSPS) is 31.5. The van der Waals surface area contributed by atoms with E-state index in [1.165, 1.54) is 64.5 Å². The van der Waals surface area contributed by atoms with E-state index >= 15 is 0 Å². The van der Waals surface area contributed by atoms with Crippen molar-refractivity contribution < 1.29 is 0 Å². The molecule has 15 heavy (non-hydrogen) atoms. The van der Waals surface area contributed by atoms with E-state index in [0.29, 0.717) is 0 Å². The molecule has 2 fully saturated rings. The zero-order valence-electron chi connectivity index (χ0n) is 9.96. The van der Waals surface area contributed by atoms with Gasteiger partial charge in [0.1, 0.15) is 0 Å². The minimum atomic E-state index is 0.961. The number of unbranched alkanes of at least 4 members (excludes halogenated alkanes) is 2. The lowest BCUT2D eigenvalue weighted by Gasteiger charge is -2.31. The summed E-state index contributed by atoms with van der Waals surface area (Å²) >= 11 is 0. The van der Waals surface area contributed by atoms with E-state index < -0.39 is 0 Å². The Hall–Kier alpha value is -0.300. The fraction of sp³-hybridized carbons (Fsp3) is 0.857. The van der Waals surface area contributed by atoms with E-state index in [-0.39, 0.29) is 0 Å². The van der Waals surface area contributed by atoms with Gasteiger partial charge in [-0.3, -0.25) is 0 Å². The van der Waals surface area contributed by atoms with Gasteiger partial charge in [-0.05, 0) is 57.5 Å². The Bertz CT molecular complexity index is 200. The van der Waals surface area contributed by atoms with Crippen molar-refractivity contribution in [3.63, 3.8) is 0 Å². The first-order valence-corrected chi connectivity index (χ1v) is 6.77. The van der Waals surface area contributed by atoms with Gasteiger partial charge in [-0.15, -0.1) is 6.58 Å². The van der Waals surface area contributed by atoms with E-state index in [4.69, 9.17) is 0 Å². The Kier molecular flexibility index (Phi) is 4.25. The Balaban J connectivity index is 1.71. The Morgan fingerprint density at radius 2 is 2.00 bits per heavy atom. The second-order valence-electron chi connectivity index (χ2n) is 5.22. The molecule has 86 valence electrons. The lowest BCUT2D eigenvalue weighted by Crippen LogP contribution is -2.35. The third-order valence-corrected chi connectivity index (χ3v) is 4.23. The molecule has 0 aromatic rings. The standard InChI is InChI=1S/C14H25N/c1-2-3-4-7-11-15-12-10-13-8-5-6-9-14(13)15/h2,13-14H,1,3-12H2. The van der Waals surface area contributed by atoms with Crippen molar-refractivity contribution in [1.82, 2.24) is 4.90 Å². The number of allylic oxidation sites excluding steroid dienone is 1. The maximum atomic E-state index is 3.78. The minimum Gasteiger partial charge on any atom is -0.300 e. The number of nitrogens with zero attached hydrogens (tertiary/aromatic N) is 1. The first-order chi connectivity index (χ1) is 7.42. The molecule has 2 rings (SSSR count). The second kappa shape index (κ2) is 5.69. The van der Waals surface area contributed by atoms with Gasteiger partial charge in [0.05, 0.1) is 0 Å². The van der Waals surface area contributed by atoms with Crippen molar-refractivity contribution in [3.05, 3.63) is 12.7 Å². The van der Waals surface area contributed by atoms with Crippen LogP contribution < -0.4 is 0 Å². The van der Waals surface area contributed by atoms with Gasteiger partial charge in [0.25, 0.3) is 0 Å². The zero-order chi connectivity index (χ0) is 10.5. The summed E-state index contributed by atoms with van der Waals surface area (Å²) in [7, 11) is 0. The third kappa shape index (κ3) is 2.84. The molecular weight excluding hydrogens is 182 g/mol. The fourth-order valence-corrected chi connectivity index (χ4v) is 3.38. The van der Waals surface area contributed by atoms with Gasteiger partial charge in [-0.25, -0.2) is 0 Å². The third-order valence-electron chi connectivity index (χ3n) is 4.23. The van der Waals surface area contributed by atoms with Gasteiger partial charge in [-0.1, -0.05) is 18.9 Å². The molecule has 1 aliphatic heterocycles. The van der Waals surface area contributed by atoms with E-state index in [1.807, 2.05) is 6.08 Å². The second-order valence-corrected chi connectivity index (χ2v) is 5.22. The maximum Gasteiger partial charge on any atom is 0.0124 e. The van der Waals surface area contributed by atoms with E-state index in [2.05, 4.69) is 11.5 Å². The average Bonchev–Trinajstić information content (AvgIpc) is 2.68. The molecule has 0 aromatic carbocycles. The molecule has 0 amide bonds. The molecule has 2 unspecified atom stereocenters. The summed E-state index contributed by atoms with van der Waals surface area (Å²) in [5.74, 6) is 1.05. The van der Waals surface area contributed by atoms with Gasteiger partial charge < -0.3 is 4.90 Å². The minimum absolute atomic E-state index is 0.961. The van der Waals surface area contributed by atoms with Crippen molar-refractivity contribution >= 4 is 0 Å². The van der Waals surface area contributed by atoms with Crippen molar-refractivity contribution in [3.8, 4) is 0 Å². The van der Waals surface area contributed by atoms with Crippen molar-refractivity contribution in [2.24, 2.45) is 5.92 Å². The SMILES string of the molecule is C=CCCCCN1CCC2CCCCC21. The van der Waals surface area contributed by atoms with Crippen molar-refractivity contribution in [2.75, 3.05) is 13.1 Å². The van der Waals surface area contributed by atoms with Crippen molar-refractivity contribution in [1.29, 1.82) is 0 Å². The molecular formula is C14H25N. The predicted octanol–water partition coefficient (Wildman–Crippen LogP) is 3.61. The van der Waals surface area contributed by atoms with Crippen LogP contribution in [-0.2, 0) is 0 Å². The molecule has 2 atom stereocenters. The fourth-order valence-electron chi connectivity index (χ4n) is 3.38. The topological polar surface area (TPSA) is 3.24 Å².